The van der Waals surface area contributed by atoms with E-state index < -0.39 is 0 Å². The van der Waals surface area contributed by atoms with Crippen molar-refractivity contribution in [2.45, 2.75) is 13.8 Å². The summed E-state index contributed by atoms with van der Waals surface area (Å²) in [5.74, 6) is -0.379. The number of nitrogen functional groups attached to an aromatic ring is 1. The van der Waals surface area contributed by atoms with Gasteiger partial charge in [0.05, 0.1) is 28.2 Å². The van der Waals surface area contributed by atoms with Gasteiger partial charge in [0.2, 0.25) is 11.8 Å². The second kappa shape index (κ2) is 3.32. The number of piperidine rings is 1. The molecule has 94 valence electrons. The Labute approximate surface area is 112 Å². The van der Waals surface area contributed by atoms with E-state index in [9.17, 15) is 9.59 Å². The molecule has 0 aromatic carbocycles. The van der Waals surface area contributed by atoms with Crippen LogP contribution in [0, 0.1) is 17.3 Å². The quantitative estimate of drug-likeness (QED) is 0.799. The van der Waals surface area contributed by atoms with Gasteiger partial charge in [-0.25, -0.2) is 9.88 Å². The lowest BCUT2D eigenvalue weighted by atomic mass is 10.1. The topological polar surface area (TPSA) is 76.3 Å². The van der Waals surface area contributed by atoms with E-state index in [0.717, 1.165) is 0 Å². The minimum Gasteiger partial charge on any atom is -0.397 e. The van der Waals surface area contributed by atoms with E-state index in [1.807, 2.05) is 13.8 Å². The molecule has 0 radical (unpaired) electrons. The van der Waals surface area contributed by atoms with E-state index in [1.165, 1.54) is 11.1 Å². The molecule has 6 heteroatoms. The molecule has 2 atom stereocenters. The van der Waals surface area contributed by atoms with Gasteiger partial charge in [0.1, 0.15) is 0 Å². The van der Waals surface area contributed by atoms with E-state index in [2.05, 4.69) is 20.9 Å². The molecular weight excluding hydrogens is 298 g/mol. The third kappa shape index (κ3) is 1.29. The molecule has 1 aliphatic heterocycles. The molecule has 2 heterocycles. The SMILES string of the molecule is CC1(C)C2C(=O)N(c3ncc(N)cc3Br)C(=O)C21. The molecule has 5 nitrogen and oxygen atoms in total. The van der Waals surface area contributed by atoms with Gasteiger partial charge in [-0.3, -0.25) is 9.59 Å². The molecular formula is C12H12BrN3O2. The first-order chi connectivity index (χ1) is 8.35. The van der Waals surface area contributed by atoms with Crippen molar-refractivity contribution in [3.8, 4) is 0 Å². The number of carbonyl (C=O) groups excluding carboxylic acids is 2. The number of fused-ring (bicyclic) bond motifs is 1. The largest absolute Gasteiger partial charge is 0.397 e. The maximum Gasteiger partial charge on any atom is 0.239 e. The summed E-state index contributed by atoms with van der Waals surface area (Å²) in [7, 11) is 0. The number of aromatic nitrogens is 1. The van der Waals surface area contributed by atoms with Crippen molar-refractivity contribution in [3.05, 3.63) is 16.7 Å². The van der Waals surface area contributed by atoms with Crippen LogP contribution in [-0.2, 0) is 9.59 Å². The summed E-state index contributed by atoms with van der Waals surface area (Å²) in [5.41, 5.74) is 5.87. The first kappa shape index (κ1) is 11.6. The van der Waals surface area contributed by atoms with Crippen molar-refractivity contribution >= 4 is 39.2 Å². The number of amides is 2. The van der Waals surface area contributed by atoms with Crippen molar-refractivity contribution in [2.24, 2.45) is 17.3 Å². The molecule has 3 rings (SSSR count). The summed E-state index contributed by atoms with van der Waals surface area (Å²) in [4.78, 5) is 29.7. The second-order valence-electron chi connectivity index (χ2n) is 5.36. The Balaban J connectivity index is 2.01. The molecule has 0 bridgehead atoms. The van der Waals surface area contributed by atoms with E-state index in [1.54, 1.807) is 6.07 Å². The molecule has 1 saturated heterocycles. The predicted molar refractivity (Wildman–Crippen MR) is 69.6 cm³/mol. The standard InChI is InChI=1S/C12H12BrN3O2/c1-12(2)7-8(12)11(18)16(10(7)17)9-6(13)3-5(14)4-15-9/h3-4,7-8H,14H2,1-2H3. The van der Waals surface area contributed by atoms with E-state index >= 15 is 0 Å². The van der Waals surface area contributed by atoms with Crippen molar-refractivity contribution in [2.75, 3.05) is 10.6 Å². The fourth-order valence-electron chi connectivity index (χ4n) is 2.77. The minimum atomic E-state index is -0.203. The van der Waals surface area contributed by atoms with Crippen LogP contribution >= 0.6 is 15.9 Å². The fraction of sp³-hybridized carbons (Fsp3) is 0.417. The van der Waals surface area contributed by atoms with Gasteiger partial charge in [-0.15, -0.1) is 0 Å². The van der Waals surface area contributed by atoms with Gasteiger partial charge in [-0.1, -0.05) is 13.8 Å². The Morgan fingerprint density at radius 1 is 1.33 bits per heavy atom. The maximum atomic E-state index is 12.2. The number of nitrogens with two attached hydrogens (primary N) is 1. The summed E-state index contributed by atoms with van der Waals surface area (Å²) in [6.45, 7) is 3.89. The predicted octanol–water partition coefficient (Wildman–Crippen LogP) is 1.57. The monoisotopic (exact) mass is 309 g/mol. The number of pyridine rings is 1. The van der Waals surface area contributed by atoms with Crippen molar-refractivity contribution in [1.29, 1.82) is 0 Å². The maximum absolute atomic E-state index is 12.2. The highest BCUT2D eigenvalue weighted by molar-refractivity contribution is 9.10. The smallest absolute Gasteiger partial charge is 0.239 e. The molecule has 18 heavy (non-hydrogen) atoms. The highest BCUT2D eigenvalue weighted by Gasteiger charge is 2.73. The van der Waals surface area contributed by atoms with Crippen LogP contribution in [-0.4, -0.2) is 16.8 Å². The van der Waals surface area contributed by atoms with Crippen molar-refractivity contribution in [1.82, 2.24) is 4.98 Å². The van der Waals surface area contributed by atoms with Gasteiger partial charge in [-0.2, -0.15) is 0 Å². The first-order valence-corrected chi connectivity index (χ1v) is 6.44. The molecule has 2 unspecified atom stereocenters. The second-order valence-corrected chi connectivity index (χ2v) is 6.22. The highest BCUT2D eigenvalue weighted by Crippen LogP contribution is 2.63. The summed E-state index contributed by atoms with van der Waals surface area (Å²) < 4.78 is 0.559. The fourth-order valence-corrected chi connectivity index (χ4v) is 3.31. The molecule has 2 fully saturated rings. The molecule has 1 aromatic rings. The summed E-state index contributed by atoms with van der Waals surface area (Å²) in [6.07, 6.45) is 1.44. The number of hydrogen-bond donors (Lipinski definition) is 1. The van der Waals surface area contributed by atoms with Crippen LogP contribution in [0.25, 0.3) is 0 Å². The molecule has 0 spiro atoms. The number of carbonyl (C=O) groups is 2. The van der Waals surface area contributed by atoms with E-state index in [0.29, 0.717) is 16.0 Å². The average molecular weight is 310 g/mol. The van der Waals surface area contributed by atoms with E-state index in [4.69, 9.17) is 5.73 Å². The third-order valence-corrected chi connectivity index (χ3v) is 4.44. The van der Waals surface area contributed by atoms with Gasteiger partial charge >= 0.3 is 0 Å². The van der Waals surface area contributed by atoms with Crippen LogP contribution in [0.15, 0.2) is 16.7 Å². The Hall–Kier alpha value is -1.43. The number of anilines is 2. The van der Waals surface area contributed by atoms with Crippen molar-refractivity contribution in [3.63, 3.8) is 0 Å². The zero-order chi connectivity index (χ0) is 13.2. The van der Waals surface area contributed by atoms with Gasteiger partial charge in [0.25, 0.3) is 0 Å². The minimum absolute atomic E-state index is 0.159. The summed E-state index contributed by atoms with van der Waals surface area (Å²) in [5, 5.41) is 0. The lowest BCUT2D eigenvalue weighted by molar-refractivity contribution is -0.125. The molecule has 2 N–H and O–H groups in total. The molecule has 2 aliphatic rings. The Kier molecular flexibility index (Phi) is 2.15. The Morgan fingerprint density at radius 2 is 1.89 bits per heavy atom. The van der Waals surface area contributed by atoms with Crippen LogP contribution in [0.5, 0.6) is 0 Å². The van der Waals surface area contributed by atoms with Crippen LogP contribution in [0.1, 0.15) is 13.8 Å². The summed E-state index contributed by atoms with van der Waals surface area (Å²) in [6, 6.07) is 1.64. The number of nitrogens with zero attached hydrogens (tertiary/aromatic N) is 2. The van der Waals surface area contributed by atoms with Gasteiger partial charge in [0, 0.05) is 0 Å². The van der Waals surface area contributed by atoms with Gasteiger partial charge in [0.15, 0.2) is 5.82 Å². The lowest BCUT2D eigenvalue weighted by Gasteiger charge is -2.20. The van der Waals surface area contributed by atoms with Crippen LogP contribution < -0.4 is 10.6 Å². The van der Waals surface area contributed by atoms with Crippen molar-refractivity contribution < 1.29 is 9.59 Å². The Bertz CT molecular complexity index is 561. The number of imide groups is 1. The molecule has 1 saturated carbocycles. The van der Waals surface area contributed by atoms with Crippen LogP contribution in [0.3, 0.4) is 0 Å². The zero-order valence-corrected chi connectivity index (χ0v) is 11.6. The number of hydrogen-bond acceptors (Lipinski definition) is 4. The normalized spacial score (nSPS) is 28.5. The molecule has 2 amide bonds. The van der Waals surface area contributed by atoms with Gasteiger partial charge in [-0.05, 0) is 27.4 Å². The van der Waals surface area contributed by atoms with E-state index in [-0.39, 0.29) is 29.1 Å². The zero-order valence-electron chi connectivity index (χ0n) is 9.98. The average Bonchev–Trinajstić information content (AvgIpc) is 2.72. The van der Waals surface area contributed by atoms with Crippen LogP contribution in [0.4, 0.5) is 11.5 Å². The lowest BCUT2D eigenvalue weighted by Crippen LogP contribution is -2.37. The highest BCUT2D eigenvalue weighted by atomic mass is 79.9. The summed E-state index contributed by atoms with van der Waals surface area (Å²) >= 11 is 3.29. The van der Waals surface area contributed by atoms with Crippen LogP contribution in [0.2, 0.25) is 0 Å². The van der Waals surface area contributed by atoms with Gasteiger partial charge < -0.3 is 5.73 Å². The third-order valence-electron chi connectivity index (χ3n) is 3.85. The first-order valence-electron chi connectivity index (χ1n) is 5.64. The number of rotatable bonds is 1. The Morgan fingerprint density at radius 3 is 2.39 bits per heavy atom. The number of halogens is 1. The molecule has 1 aliphatic carbocycles. The molecule has 1 aromatic heterocycles.